The van der Waals surface area contributed by atoms with E-state index in [0.717, 1.165) is 17.0 Å². The molecule has 2 aromatic rings. The number of amides is 1. The van der Waals surface area contributed by atoms with Gasteiger partial charge in [-0.25, -0.2) is 0 Å². The van der Waals surface area contributed by atoms with Crippen LogP contribution in [0.25, 0.3) is 0 Å². The van der Waals surface area contributed by atoms with E-state index in [4.69, 9.17) is 0 Å². The van der Waals surface area contributed by atoms with E-state index < -0.39 is 0 Å². The fourth-order valence-electron chi connectivity index (χ4n) is 2.28. The number of carbonyl (C=O) groups is 1. The molecule has 0 saturated carbocycles. The second-order valence-electron chi connectivity index (χ2n) is 4.84. The normalized spacial score (nSPS) is 10.6. The molecule has 2 heterocycles. The molecule has 0 aromatic carbocycles. The molecule has 0 N–H and O–H groups in total. The van der Waals surface area contributed by atoms with Gasteiger partial charge in [-0.15, -0.1) is 0 Å². The van der Waals surface area contributed by atoms with E-state index in [2.05, 4.69) is 10.1 Å². The highest BCUT2D eigenvalue weighted by Gasteiger charge is 2.22. The van der Waals surface area contributed by atoms with Gasteiger partial charge in [-0.05, 0) is 38.5 Å². The first-order valence-corrected chi connectivity index (χ1v) is 6.73. The molecule has 0 saturated heterocycles. The SMILES string of the molecule is CCN(Cc1ccncc1)C(=O)c1c(C)nn(C)c1C. The zero-order chi connectivity index (χ0) is 14.7. The summed E-state index contributed by atoms with van der Waals surface area (Å²) in [6, 6.07) is 3.86. The van der Waals surface area contributed by atoms with E-state index in [9.17, 15) is 4.79 Å². The second kappa shape index (κ2) is 5.86. The molecule has 0 radical (unpaired) electrons. The summed E-state index contributed by atoms with van der Waals surface area (Å²) in [6.07, 6.45) is 3.49. The maximum Gasteiger partial charge on any atom is 0.257 e. The van der Waals surface area contributed by atoms with Gasteiger partial charge in [0.2, 0.25) is 0 Å². The van der Waals surface area contributed by atoms with Crippen LogP contribution >= 0.6 is 0 Å². The lowest BCUT2D eigenvalue weighted by Gasteiger charge is -2.21. The van der Waals surface area contributed by atoms with Gasteiger partial charge in [0.1, 0.15) is 0 Å². The molecule has 20 heavy (non-hydrogen) atoms. The van der Waals surface area contributed by atoms with Gasteiger partial charge >= 0.3 is 0 Å². The minimum Gasteiger partial charge on any atom is -0.334 e. The summed E-state index contributed by atoms with van der Waals surface area (Å²) < 4.78 is 1.75. The number of rotatable bonds is 4. The van der Waals surface area contributed by atoms with Crippen LogP contribution in [0, 0.1) is 13.8 Å². The lowest BCUT2D eigenvalue weighted by molar-refractivity contribution is 0.0751. The van der Waals surface area contributed by atoms with Crippen molar-refractivity contribution in [1.29, 1.82) is 0 Å². The van der Waals surface area contributed by atoms with Crippen molar-refractivity contribution in [2.75, 3.05) is 6.54 Å². The Balaban J connectivity index is 2.25. The van der Waals surface area contributed by atoms with E-state index in [-0.39, 0.29) is 5.91 Å². The Morgan fingerprint density at radius 3 is 2.45 bits per heavy atom. The number of hydrogen-bond acceptors (Lipinski definition) is 3. The van der Waals surface area contributed by atoms with E-state index in [1.807, 2.05) is 44.9 Å². The van der Waals surface area contributed by atoms with Crippen molar-refractivity contribution in [3.63, 3.8) is 0 Å². The molecule has 0 bridgehead atoms. The summed E-state index contributed by atoms with van der Waals surface area (Å²) in [5.74, 6) is 0.0346. The van der Waals surface area contributed by atoms with Gasteiger partial charge < -0.3 is 4.90 Å². The van der Waals surface area contributed by atoms with Gasteiger partial charge in [0, 0.05) is 38.2 Å². The van der Waals surface area contributed by atoms with Gasteiger partial charge in [-0.1, -0.05) is 0 Å². The number of hydrogen-bond donors (Lipinski definition) is 0. The van der Waals surface area contributed by atoms with Crippen LogP contribution in [-0.4, -0.2) is 32.1 Å². The van der Waals surface area contributed by atoms with Crippen LogP contribution in [0.15, 0.2) is 24.5 Å². The van der Waals surface area contributed by atoms with Crippen LogP contribution in [0.5, 0.6) is 0 Å². The zero-order valence-electron chi connectivity index (χ0n) is 12.4. The van der Waals surface area contributed by atoms with Crippen LogP contribution in [0.1, 0.15) is 34.2 Å². The van der Waals surface area contributed by atoms with E-state index in [1.54, 1.807) is 17.1 Å². The molecule has 0 spiro atoms. The maximum absolute atomic E-state index is 12.7. The van der Waals surface area contributed by atoms with Crippen molar-refractivity contribution in [2.24, 2.45) is 7.05 Å². The molecule has 5 nitrogen and oxygen atoms in total. The molecule has 0 atom stereocenters. The van der Waals surface area contributed by atoms with Crippen LogP contribution in [0.3, 0.4) is 0 Å². The Labute approximate surface area is 119 Å². The monoisotopic (exact) mass is 272 g/mol. The Morgan fingerprint density at radius 1 is 1.30 bits per heavy atom. The predicted molar refractivity (Wildman–Crippen MR) is 77.3 cm³/mol. The second-order valence-corrected chi connectivity index (χ2v) is 4.84. The highest BCUT2D eigenvalue weighted by molar-refractivity contribution is 5.96. The quantitative estimate of drug-likeness (QED) is 0.856. The molecule has 0 aliphatic heterocycles. The molecule has 0 aliphatic carbocycles. The van der Waals surface area contributed by atoms with Crippen LogP contribution in [-0.2, 0) is 13.6 Å². The van der Waals surface area contributed by atoms with Gasteiger partial charge in [0.25, 0.3) is 5.91 Å². The summed E-state index contributed by atoms with van der Waals surface area (Å²) in [7, 11) is 1.86. The number of pyridine rings is 1. The fourth-order valence-corrected chi connectivity index (χ4v) is 2.28. The minimum absolute atomic E-state index is 0.0346. The molecular formula is C15H20N4O. The highest BCUT2D eigenvalue weighted by Crippen LogP contribution is 2.16. The van der Waals surface area contributed by atoms with Crippen molar-refractivity contribution in [3.05, 3.63) is 47.0 Å². The third-order valence-electron chi connectivity index (χ3n) is 3.51. The number of aryl methyl sites for hydroxylation is 2. The number of nitrogens with zero attached hydrogens (tertiary/aromatic N) is 4. The standard InChI is InChI=1S/C15H20N4O/c1-5-19(10-13-6-8-16-9-7-13)15(20)14-11(2)17-18(4)12(14)3/h6-9H,5,10H2,1-4H3. The highest BCUT2D eigenvalue weighted by atomic mass is 16.2. The largest absolute Gasteiger partial charge is 0.334 e. The first kappa shape index (κ1) is 14.2. The van der Waals surface area contributed by atoms with E-state index in [1.165, 1.54) is 0 Å². The predicted octanol–water partition coefficient (Wildman–Crippen LogP) is 2.09. The van der Waals surface area contributed by atoms with Crippen LogP contribution in [0.2, 0.25) is 0 Å². The number of carbonyl (C=O) groups excluding carboxylic acids is 1. The van der Waals surface area contributed by atoms with E-state index in [0.29, 0.717) is 18.7 Å². The topological polar surface area (TPSA) is 51.0 Å². The minimum atomic E-state index is 0.0346. The molecule has 5 heteroatoms. The Kier molecular flexibility index (Phi) is 4.17. The first-order chi connectivity index (χ1) is 9.54. The van der Waals surface area contributed by atoms with Gasteiger partial charge in [-0.2, -0.15) is 5.10 Å². The number of aromatic nitrogens is 3. The molecule has 0 aliphatic rings. The van der Waals surface area contributed by atoms with Crippen molar-refractivity contribution in [2.45, 2.75) is 27.3 Å². The van der Waals surface area contributed by atoms with Gasteiger partial charge in [0.05, 0.1) is 11.3 Å². The third-order valence-corrected chi connectivity index (χ3v) is 3.51. The summed E-state index contributed by atoms with van der Waals surface area (Å²) in [6.45, 7) is 7.04. The Bertz CT molecular complexity index is 604. The molecule has 1 amide bonds. The van der Waals surface area contributed by atoms with Gasteiger partial charge in [0.15, 0.2) is 0 Å². The van der Waals surface area contributed by atoms with Crippen molar-refractivity contribution in [1.82, 2.24) is 19.7 Å². The van der Waals surface area contributed by atoms with Crippen molar-refractivity contribution < 1.29 is 4.79 Å². The first-order valence-electron chi connectivity index (χ1n) is 6.73. The van der Waals surface area contributed by atoms with Crippen molar-refractivity contribution >= 4 is 5.91 Å². The fraction of sp³-hybridized carbons (Fsp3) is 0.400. The van der Waals surface area contributed by atoms with E-state index >= 15 is 0 Å². The zero-order valence-corrected chi connectivity index (χ0v) is 12.4. The Hall–Kier alpha value is -2.17. The smallest absolute Gasteiger partial charge is 0.257 e. The summed E-state index contributed by atoms with van der Waals surface area (Å²) in [4.78, 5) is 18.5. The third kappa shape index (κ3) is 2.71. The summed E-state index contributed by atoms with van der Waals surface area (Å²) in [5.41, 5.74) is 3.47. The van der Waals surface area contributed by atoms with Gasteiger partial charge in [-0.3, -0.25) is 14.5 Å². The average molecular weight is 272 g/mol. The van der Waals surface area contributed by atoms with Crippen LogP contribution < -0.4 is 0 Å². The molecule has 0 fully saturated rings. The van der Waals surface area contributed by atoms with Crippen molar-refractivity contribution in [3.8, 4) is 0 Å². The Morgan fingerprint density at radius 2 is 1.95 bits per heavy atom. The molecule has 2 rings (SSSR count). The van der Waals surface area contributed by atoms with Crippen LogP contribution in [0.4, 0.5) is 0 Å². The molecule has 106 valence electrons. The lowest BCUT2D eigenvalue weighted by atomic mass is 10.1. The average Bonchev–Trinajstić information content (AvgIpc) is 2.70. The summed E-state index contributed by atoms with van der Waals surface area (Å²) >= 11 is 0. The molecule has 2 aromatic heterocycles. The molecular weight excluding hydrogens is 252 g/mol. The summed E-state index contributed by atoms with van der Waals surface area (Å²) in [5, 5.41) is 4.31. The lowest BCUT2D eigenvalue weighted by Crippen LogP contribution is -2.31. The molecule has 0 unspecified atom stereocenters. The maximum atomic E-state index is 12.7.